The van der Waals surface area contributed by atoms with Crippen LogP contribution in [0.1, 0.15) is 21.5 Å². The van der Waals surface area contributed by atoms with Gasteiger partial charge in [-0.15, -0.1) is 0 Å². The molecule has 0 bridgehead atoms. The van der Waals surface area contributed by atoms with Crippen LogP contribution in [0.2, 0.25) is 0 Å². The van der Waals surface area contributed by atoms with Gasteiger partial charge in [0.2, 0.25) is 5.91 Å². The first-order valence-corrected chi connectivity index (χ1v) is 7.99. The van der Waals surface area contributed by atoms with Crippen molar-refractivity contribution in [3.05, 3.63) is 58.7 Å². The van der Waals surface area contributed by atoms with Gasteiger partial charge in [0, 0.05) is 5.56 Å². The molecule has 8 heteroatoms. The van der Waals surface area contributed by atoms with Crippen LogP contribution in [0, 0.1) is 25.5 Å². The summed E-state index contributed by atoms with van der Waals surface area (Å²) in [6.45, 7) is 2.88. The SMILES string of the molecule is Cc1cc(F)c(S(=O)(=O)Nc2ccc(C(N)=O)cc2C)cc1F. The summed E-state index contributed by atoms with van der Waals surface area (Å²) in [4.78, 5) is 10.3. The third kappa shape index (κ3) is 3.48. The molecule has 5 nitrogen and oxygen atoms in total. The van der Waals surface area contributed by atoms with Gasteiger partial charge in [-0.3, -0.25) is 9.52 Å². The van der Waals surface area contributed by atoms with Crippen molar-refractivity contribution in [3.63, 3.8) is 0 Å². The van der Waals surface area contributed by atoms with Crippen LogP contribution in [0.3, 0.4) is 0 Å². The Balaban J connectivity index is 2.43. The molecule has 0 aliphatic carbocycles. The van der Waals surface area contributed by atoms with Gasteiger partial charge in [0.15, 0.2) is 0 Å². The summed E-state index contributed by atoms with van der Waals surface area (Å²) in [5.41, 5.74) is 5.89. The van der Waals surface area contributed by atoms with Crippen LogP contribution in [-0.4, -0.2) is 14.3 Å². The number of benzene rings is 2. The van der Waals surface area contributed by atoms with Crippen molar-refractivity contribution in [3.8, 4) is 0 Å². The van der Waals surface area contributed by atoms with Crippen molar-refractivity contribution in [2.24, 2.45) is 5.73 Å². The van der Waals surface area contributed by atoms with Gasteiger partial charge >= 0.3 is 0 Å². The molecule has 23 heavy (non-hydrogen) atoms. The molecule has 0 aliphatic heterocycles. The number of hydrogen-bond donors (Lipinski definition) is 2. The van der Waals surface area contributed by atoms with Gasteiger partial charge in [0.25, 0.3) is 10.0 Å². The van der Waals surface area contributed by atoms with E-state index in [1.807, 2.05) is 0 Å². The lowest BCUT2D eigenvalue weighted by Gasteiger charge is -2.12. The van der Waals surface area contributed by atoms with Crippen molar-refractivity contribution in [1.82, 2.24) is 0 Å². The number of sulfonamides is 1. The Hall–Kier alpha value is -2.48. The molecule has 122 valence electrons. The monoisotopic (exact) mass is 340 g/mol. The minimum atomic E-state index is -4.32. The first-order chi connectivity index (χ1) is 10.6. The van der Waals surface area contributed by atoms with Crippen LogP contribution in [0.5, 0.6) is 0 Å². The fourth-order valence-electron chi connectivity index (χ4n) is 1.97. The van der Waals surface area contributed by atoms with Gasteiger partial charge in [-0.2, -0.15) is 0 Å². The predicted octanol–water partition coefficient (Wildman–Crippen LogP) is 2.48. The number of carbonyl (C=O) groups is 1. The maximum Gasteiger partial charge on any atom is 0.264 e. The van der Waals surface area contributed by atoms with E-state index in [2.05, 4.69) is 4.72 Å². The summed E-state index contributed by atoms with van der Waals surface area (Å²) in [5.74, 6) is -2.54. The number of anilines is 1. The Bertz CT molecular complexity index is 896. The van der Waals surface area contributed by atoms with Gasteiger partial charge in [-0.1, -0.05) is 0 Å². The van der Waals surface area contributed by atoms with Gasteiger partial charge in [-0.25, -0.2) is 17.2 Å². The minimum absolute atomic E-state index is 0.00319. The summed E-state index contributed by atoms with van der Waals surface area (Å²) >= 11 is 0. The van der Waals surface area contributed by atoms with E-state index in [0.29, 0.717) is 11.6 Å². The number of nitrogens with two attached hydrogens (primary N) is 1. The number of rotatable bonds is 4. The quantitative estimate of drug-likeness (QED) is 0.896. The second kappa shape index (κ2) is 5.96. The van der Waals surface area contributed by atoms with E-state index < -0.39 is 32.5 Å². The maximum atomic E-state index is 13.9. The molecule has 0 unspecified atom stereocenters. The summed E-state index contributed by atoms with van der Waals surface area (Å²) in [5, 5.41) is 0. The molecule has 0 saturated carbocycles. The Morgan fingerprint density at radius 3 is 2.26 bits per heavy atom. The van der Waals surface area contributed by atoms with Crippen LogP contribution in [0.4, 0.5) is 14.5 Å². The smallest absolute Gasteiger partial charge is 0.264 e. The lowest BCUT2D eigenvalue weighted by Crippen LogP contribution is -2.17. The highest BCUT2D eigenvalue weighted by Crippen LogP contribution is 2.24. The highest BCUT2D eigenvalue weighted by atomic mass is 32.2. The molecule has 0 spiro atoms. The summed E-state index contributed by atoms with van der Waals surface area (Å²) in [6.07, 6.45) is 0. The Morgan fingerprint density at radius 1 is 1.04 bits per heavy atom. The number of aryl methyl sites for hydroxylation is 2. The van der Waals surface area contributed by atoms with Crippen LogP contribution in [0.15, 0.2) is 35.2 Å². The van der Waals surface area contributed by atoms with Crippen LogP contribution in [-0.2, 0) is 10.0 Å². The average molecular weight is 340 g/mol. The Labute approximate surface area is 132 Å². The third-order valence-electron chi connectivity index (χ3n) is 3.26. The molecule has 2 aromatic rings. The zero-order chi connectivity index (χ0) is 17.4. The summed E-state index contributed by atoms with van der Waals surface area (Å²) in [7, 11) is -4.32. The molecule has 2 rings (SSSR count). The Kier molecular flexibility index (Phi) is 4.37. The lowest BCUT2D eigenvalue weighted by molar-refractivity contribution is 0.1000. The van der Waals surface area contributed by atoms with Gasteiger partial charge in [-0.05, 0) is 55.3 Å². The summed E-state index contributed by atoms with van der Waals surface area (Å²) in [6, 6.07) is 5.49. The molecule has 1 amide bonds. The molecule has 0 saturated heterocycles. The van der Waals surface area contributed by atoms with Crippen LogP contribution in [0.25, 0.3) is 0 Å². The van der Waals surface area contributed by atoms with E-state index in [4.69, 9.17) is 5.73 Å². The van der Waals surface area contributed by atoms with Gasteiger partial charge in [0.1, 0.15) is 16.5 Å². The van der Waals surface area contributed by atoms with Crippen molar-refractivity contribution in [2.75, 3.05) is 4.72 Å². The second-order valence-corrected chi connectivity index (χ2v) is 6.68. The van der Waals surface area contributed by atoms with Crippen molar-refractivity contribution in [1.29, 1.82) is 0 Å². The van der Waals surface area contributed by atoms with E-state index in [-0.39, 0.29) is 16.8 Å². The lowest BCUT2D eigenvalue weighted by atomic mass is 10.1. The first kappa shape index (κ1) is 16.9. The molecule has 0 fully saturated rings. The molecule has 0 aromatic heterocycles. The fourth-order valence-corrected chi connectivity index (χ4v) is 3.17. The van der Waals surface area contributed by atoms with E-state index >= 15 is 0 Å². The topological polar surface area (TPSA) is 89.3 Å². The molecular formula is C15H14F2N2O3S. The molecule has 0 aliphatic rings. The van der Waals surface area contributed by atoms with Gasteiger partial charge in [0.05, 0.1) is 5.69 Å². The number of nitrogens with one attached hydrogen (secondary N) is 1. The van der Waals surface area contributed by atoms with E-state index in [0.717, 1.165) is 6.07 Å². The normalized spacial score (nSPS) is 11.3. The molecule has 3 N–H and O–H groups in total. The summed E-state index contributed by atoms with van der Waals surface area (Å²) < 4.78 is 54.1. The zero-order valence-electron chi connectivity index (χ0n) is 12.4. The zero-order valence-corrected chi connectivity index (χ0v) is 13.2. The van der Waals surface area contributed by atoms with E-state index in [1.54, 1.807) is 6.92 Å². The second-order valence-electron chi connectivity index (χ2n) is 5.03. The highest BCUT2D eigenvalue weighted by molar-refractivity contribution is 7.92. The number of carbonyl (C=O) groups excluding carboxylic acids is 1. The number of halogens is 2. The van der Waals surface area contributed by atoms with Crippen molar-refractivity contribution < 1.29 is 22.0 Å². The number of primary amides is 1. The molecule has 2 aromatic carbocycles. The van der Waals surface area contributed by atoms with Crippen molar-refractivity contribution >= 4 is 21.6 Å². The first-order valence-electron chi connectivity index (χ1n) is 6.51. The number of hydrogen-bond acceptors (Lipinski definition) is 3. The van der Waals surface area contributed by atoms with E-state index in [9.17, 15) is 22.0 Å². The highest BCUT2D eigenvalue weighted by Gasteiger charge is 2.22. The number of amides is 1. The predicted molar refractivity (Wildman–Crippen MR) is 81.6 cm³/mol. The van der Waals surface area contributed by atoms with Crippen LogP contribution >= 0.6 is 0 Å². The van der Waals surface area contributed by atoms with Crippen molar-refractivity contribution in [2.45, 2.75) is 18.7 Å². The molecule has 0 radical (unpaired) electrons. The standard InChI is InChI=1S/C15H14F2N2O3S/c1-8-6-12(17)14(7-11(8)16)23(21,22)19-13-4-3-10(15(18)20)5-9(13)2/h3-7,19H,1-2H3,(H2,18,20). The van der Waals surface area contributed by atoms with E-state index in [1.165, 1.54) is 25.1 Å². The van der Waals surface area contributed by atoms with Crippen LogP contribution < -0.4 is 10.5 Å². The Morgan fingerprint density at radius 2 is 1.70 bits per heavy atom. The molecular weight excluding hydrogens is 326 g/mol. The average Bonchev–Trinajstić information content (AvgIpc) is 2.44. The van der Waals surface area contributed by atoms with Gasteiger partial charge < -0.3 is 5.73 Å². The maximum absolute atomic E-state index is 13.9. The largest absolute Gasteiger partial charge is 0.366 e. The molecule has 0 heterocycles. The fraction of sp³-hybridized carbons (Fsp3) is 0.133. The molecule has 0 atom stereocenters. The third-order valence-corrected chi connectivity index (χ3v) is 4.64. The minimum Gasteiger partial charge on any atom is -0.366 e.